The van der Waals surface area contributed by atoms with Crippen molar-refractivity contribution >= 4 is 34.8 Å². The van der Waals surface area contributed by atoms with Crippen LogP contribution in [-0.2, 0) is 0 Å². The molecule has 56 valence electrons. The van der Waals surface area contributed by atoms with Crippen molar-refractivity contribution in [3.05, 3.63) is 22.2 Å². The highest BCUT2D eigenvalue weighted by atomic mass is 35.5. The highest BCUT2D eigenvalue weighted by Gasteiger charge is 2.28. The van der Waals surface area contributed by atoms with Gasteiger partial charge in [0.05, 0.1) is 5.03 Å². The Morgan fingerprint density at radius 2 is 2.10 bits per heavy atom. The Morgan fingerprint density at radius 3 is 2.50 bits per heavy atom. The molecular formula is C6H5Cl3O. The largest absolute Gasteiger partial charge is 0.370 e. The lowest BCUT2D eigenvalue weighted by molar-refractivity contribution is 0.176. The summed E-state index contributed by atoms with van der Waals surface area (Å²) < 4.78 is 0. The average molecular weight is 199 g/mol. The van der Waals surface area contributed by atoms with Gasteiger partial charge in [-0.2, -0.15) is 0 Å². The minimum absolute atomic E-state index is 0.168. The summed E-state index contributed by atoms with van der Waals surface area (Å²) in [6.45, 7) is 0. The third-order valence-corrected chi connectivity index (χ3v) is 2.34. The van der Waals surface area contributed by atoms with E-state index in [1.807, 2.05) is 0 Å². The lowest BCUT2D eigenvalue weighted by Crippen LogP contribution is -2.21. The summed E-state index contributed by atoms with van der Waals surface area (Å²) in [5.41, 5.74) is 0. The topological polar surface area (TPSA) is 20.2 Å². The van der Waals surface area contributed by atoms with Gasteiger partial charge in [-0.15, -0.1) is 0 Å². The molecule has 1 atom stereocenters. The molecule has 1 aliphatic carbocycles. The number of rotatable bonds is 0. The standard InChI is InChI=1S/C6H5Cl3O/c7-4-1-2-6(9,10)5(8)3-4/h1,3,10H,2H2. The van der Waals surface area contributed by atoms with Crippen LogP contribution in [-0.4, -0.2) is 10.2 Å². The smallest absolute Gasteiger partial charge is 0.178 e. The highest BCUT2D eigenvalue weighted by molar-refractivity contribution is 6.41. The van der Waals surface area contributed by atoms with Crippen LogP contribution >= 0.6 is 34.8 Å². The van der Waals surface area contributed by atoms with Crippen molar-refractivity contribution in [3.63, 3.8) is 0 Å². The predicted molar refractivity (Wildman–Crippen MR) is 43.3 cm³/mol. The lowest BCUT2D eigenvalue weighted by atomic mass is 10.1. The van der Waals surface area contributed by atoms with Gasteiger partial charge in [-0.05, 0) is 6.08 Å². The van der Waals surface area contributed by atoms with Gasteiger partial charge < -0.3 is 5.11 Å². The maximum atomic E-state index is 9.22. The van der Waals surface area contributed by atoms with E-state index >= 15 is 0 Å². The van der Waals surface area contributed by atoms with E-state index in [1.165, 1.54) is 6.08 Å². The summed E-state index contributed by atoms with van der Waals surface area (Å²) in [6.07, 6.45) is 3.29. The molecule has 0 bridgehead atoms. The molecule has 0 spiro atoms. The van der Waals surface area contributed by atoms with Gasteiger partial charge in [-0.3, -0.25) is 0 Å². The first-order chi connectivity index (χ1) is 4.52. The molecular weight excluding hydrogens is 194 g/mol. The number of hydrogen-bond acceptors (Lipinski definition) is 1. The zero-order chi connectivity index (χ0) is 7.78. The van der Waals surface area contributed by atoms with Crippen LogP contribution < -0.4 is 0 Å². The molecule has 0 aromatic rings. The average Bonchev–Trinajstić information content (AvgIpc) is 1.81. The molecule has 1 aliphatic rings. The number of alkyl halides is 1. The van der Waals surface area contributed by atoms with E-state index < -0.39 is 5.06 Å². The lowest BCUT2D eigenvalue weighted by Gasteiger charge is -2.20. The molecule has 1 nitrogen and oxygen atoms in total. The van der Waals surface area contributed by atoms with Gasteiger partial charge in [-0.25, -0.2) is 0 Å². The van der Waals surface area contributed by atoms with Crippen molar-refractivity contribution in [1.82, 2.24) is 0 Å². The van der Waals surface area contributed by atoms with Crippen molar-refractivity contribution in [2.75, 3.05) is 0 Å². The van der Waals surface area contributed by atoms with Gasteiger partial charge in [0.2, 0.25) is 0 Å². The van der Waals surface area contributed by atoms with Crippen LogP contribution in [0.4, 0.5) is 0 Å². The summed E-state index contributed by atoms with van der Waals surface area (Å²) >= 11 is 16.7. The molecule has 0 fully saturated rings. The Kier molecular flexibility index (Phi) is 2.31. The molecule has 0 heterocycles. The van der Waals surface area contributed by atoms with E-state index in [2.05, 4.69) is 0 Å². The second-order valence-corrected chi connectivity index (χ2v) is 3.51. The number of hydrogen-bond donors (Lipinski definition) is 1. The Balaban J connectivity index is 2.88. The number of allylic oxidation sites excluding steroid dienone is 2. The third-order valence-electron chi connectivity index (χ3n) is 1.20. The Hall–Kier alpha value is 0.310. The normalized spacial score (nSPS) is 33.2. The molecule has 10 heavy (non-hydrogen) atoms. The zero-order valence-electron chi connectivity index (χ0n) is 4.94. The first kappa shape index (κ1) is 8.41. The minimum atomic E-state index is -1.44. The highest BCUT2D eigenvalue weighted by Crippen LogP contribution is 2.35. The van der Waals surface area contributed by atoms with Gasteiger partial charge in [0.25, 0.3) is 0 Å². The van der Waals surface area contributed by atoms with Crippen LogP contribution in [0.5, 0.6) is 0 Å². The van der Waals surface area contributed by atoms with Crippen molar-refractivity contribution in [3.8, 4) is 0 Å². The minimum Gasteiger partial charge on any atom is -0.370 e. The Morgan fingerprint density at radius 1 is 1.50 bits per heavy atom. The summed E-state index contributed by atoms with van der Waals surface area (Å²) in [5.74, 6) is 0. The van der Waals surface area contributed by atoms with Crippen molar-refractivity contribution in [2.24, 2.45) is 0 Å². The van der Waals surface area contributed by atoms with Crippen LogP contribution in [0, 0.1) is 0 Å². The van der Waals surface area contributed by atoms with Crippen LogP contribution in [0.2, 0.25) is 0 Å². The molecule has 0 amide bonds. The Labute approximate surface area is 73.9 Å². The van der Waals surface area contributed by atoms with Gasteiger partial charge >= 0.3 is 0 Å². The predicted octanol–water partition coefficient (Wildman–Crippen LogP) is 2.56. The Bertz CT molecular complexity index is 205. The van der Waals surface area contributed by atoms with Crippen LogP contribution in [0.25, 0.3) is 0 Å². The second kappa shape index (κ2) is 2.74. The van der Waals surface area contributed by atoms with Crippen LogP contribution in [0.1, 0.15) is 6.42 Å². The summed E-state index contributed by atoms with van der Waals surface area (Å²) in [7, 11) is 0. The van der Waals surface area contributed by atoms with Gasteiger partial charge in [-0.1, -0.05) is 40.9 Å². The third kappa shape index (κ3) is 1.67. The second-order valence-electron chi connectivity index (χ2n) is 2.04. The summed E-state index contributed by atoms with van der Waals surface area (Å²) in [5, 5.41) is 8.46. The zero-order valence-corrected chi connectivity index (χ0v) is 7.21. The van der Waals surface area contributed by atoms with Crippen LogP contribution in [0.15, 0.2) is 22.2 Å². The molecule has 0 aromatic carbocycles. The fourth-order valence-electron chi connectivity index (χ4n) is 0.621. The van der Waals surface area contributed by atoms with Crippen LogP contribution in [0.3, 0.4) is 0 Å². The molecule has 0 saturated heterocycles. The first-order valence-electron chi connectivity index (χ1n) is 2.67. The van der Waals surface area contributed by atoms with E-state index in [1.54, 1.807) is 6.08 Å². The van der Waals surface area contributed by atoms with E-state index in [-0.39, 0.29) is 11.5 Å². The maximum absolute atomic E-state index is 9.22. The monoisotopic (exact) mass is 198 g/mol. The van der Waals surface area contributed by atoms with Gasteiger partial charge in [0.15, 0.2) is 5.06 Å². The van der Waals surface area contributed by atoms with E-state index in [4.69, 9.17) is 34.8 Å². The molecule has 0 aliphatic heterocycles. The fourth-order valence-corrected chi connectivity index (χ4v) is 1.19. The summed E-state index contributed by atoms with van der Waals surface area (Å²) in [4.78, 5) is 0. The molecule has 0 saturated carbocycles. The van der Waals surface area contributed by atoms with E-state index in [9.17, 15) is 5.11 Å². The van der Waals surface area contributed by atoms with E-state index in [0.717, 1.165) is 0 Å². The SMILES string of the molecule is OC1(Cl)CC=C(Cl)C=C1Cl. The molecule has 0 radical (unpaired) electrons. The molecule has 1 unspecified atom stereocenters. The first-order valence-corrected chi connectivity index (χ1v) is 3.80. The molecule has 1 rings (SSSR count). The van der Waals surface area contributed by atoms with Crippen molar-refractivity contribution in [1.29, 1.82) is 0 Å². The van der Waals surface area contributed by atoms with Gasteiger partial charge in [0.1, 0.15) is 0 Å². The molecule has 4 heteroatoms. The van der Waals surface area contributed by atoms with Crippen molar-refractivity contribution in [2.45, 2.75) is 11.5 Å². The van der Waals surface area contributed by atoms with Gasteiger partial charge in [0, 0.05) is 11.5 Å². The molecule has 0 aromatic heterocycles. The van der Waals surface area contributed by atoms with E-state index in [0.29, 0.717) is 5.03 Å². The van der Waals surface area contributed by atoms with Crippen molar-refractivity contribution < 1.29 is 5.11 Å². The fraction of sp³-hybridized carbons (Fsp3) is 0.333. The number of halogens is 3. The number of aliphatic hydroxyl groups is 1. The molecule has 1 N–H and O–H groups in total. The quantitative estimate of drug-likeness (QED) is 0.595. The summed E-state index contributed by atoms with van der Waals surface area (Å²) in [6, 6.07) is 0. The maximum Gasteiger partial charge on any atom is 0.178 e.